The van der Waals surface area contributed by atoms with Crippen LogP contribution in [0, 0.1) is 5.82 Å². The van der Waals surface area contributed by atoms with E-state index in [9.17, 15) is 9.18 Å². The summed E-state index contributed by atoms with van der Waals surface area (Å²) in [5.41, 5.74) is 2.27. The summed E-state index contributed by atoms with van der Waals surface area (Å²) in [5.74, 6) is -0.537. The largest absolute Gasteiger partial charge is 0.289 e. The van der Waals surface area contributed by atoms with Gasteiger partial charge in [0, 0.05) is 11.1 Å². The Balaban J connectivity index is 2.29. The number of ketones is 1. The molecule has 0 bridgehead atoms. The molecule has 1 nitrogen and oxygen atoms in total. The maximum Gasteiger partial charge on any atom is 0.193 e. The number of rotatable bonds is 4. The Morgan fingerprint density at radius 3 is 2.25 bits per heavy atom. The molecule has 0 aliphatic heterocycles. The molecule has 2 rings (SSSR count). The third-order valence-corrected chi connectivity index (χ3v) is 3.90. The Morgan fingerprint density at radius 2 is 1.70 bits per heavy atom. The minimum atomic E-state index is -0.389. The minimum absolute atomic E-state index is 0.0977. The highest BCUT2D eigenvalue weighted by Gasteiger charge is 2.18. The van der Waals surface area contributed by atoms with Gasteiger partial charge in [0.1, 0.15) is 5.82 Å². The maximum atomic E-state index is 13.2. The van der Waals surface area contributed by atoms with Crippen LogP contribution in [0.25, 0.3) is 0 Å². The van der Waals surface area contributed by atoms with Gasteiger partial charge in [-0.25, -0.2) is 4.39 Å². The van der Waals surface area contributed by atoms with Crippen molar-refractivity contribution in [1.82, 2.24) is 0 Å². The second-order valence-electron chi connectivity index (χ2n) is 5.65. The van der Waals surface area contributed by atoms with Crippen LogP contribution in [-0.2, 0) is 5.41 Å². The molecule has 0 radical (unpaired) electrons. The molecular weight excluding hydrogens is 251 g/mol. The Bertz CT molecular complexity index is 612. The van der Waals surface area contributed by atoms with Crippen LogP contribution in [0.15, 0.2) is 48.5 Å². The van der Waals surface area contributed by atoms with E-state index in [0.29, 0.717) is 11.1 Å². The Morgan fingerprint density at radius 1 is 1.05 bits per heavy atom. The summed E-state index contributed by atoms with van der Waals surface area (Å²) in [4.78, 5) is 12.3. The first kappa shape index (κ1) is 14.4. The van der Waals surface area contributed by atoms with Crippen molar-refractivity contribution in [1.29, 1.82) is 0 Å². The molecule has 0 saturated carbocycles. The fourth-order valence-corrected chi connectivity index (χ4v) is 2.07. The van der Waals surface area contributed by atoms with Crippen LogP contribution in [0.2, 0.25) is 0 Å². The van der Waals surface area contributed by atoms with Crippen molar-refractivity contribution in [2.75, 3.05) is 0 Å². The van der Waals surface area contributed by atoms with Gasteiger partial charge in [0.25, 0.3) is 0 Å². The van der Waals surface area contributed by atoms with E-state index in [2.05, 4.69) is 20.8 Å². The number of carbonyl (C=O) groups is 1. The third kappa shape index (κ3) is 2.96. The standard InChI is InChI=1S/C18H19FO/c1-4-18(2,3)15-10-8-13(9-11-15)17(20)14-6-5-7-16(19)12-14/h5-12H,4H2,1-3H3. The summed E-state index contributed by atoms with van der Waals surface area (Å²) >= 11 is 0. The van der Waals surface area contributed by atoms with E-state index >= 15 is 0 Å². The van der Waals surface area contributed by atoms with Crippen LogP contribution in [0.4, 0.5) is 4.39 Å². The first-order chi connectivity index (χ1) is 9.44. The number of benzene rings is 2. The highest BCUT2D eigenvalue weighted by atomic mass is 19.1. The fourth-order valence-electron chi connectivity index (χ4n) is 2.07. The zero-order chi connectivity index (χ0) is 14.8. The molecule has 104 valence electrons. The second-order valence-corrected chi connectivity index (χ2v) is 5.65. The van der Waals surface area contributed by atoms with Gasteiger partial charge in [0.2, 0.25) is 0 Å². The lowest BCUT2D eigenvalue weighted by Gasteiger charge is -2.23. The lowest BCUT2D eigenvalue weighted by Crippen LogP contribution is -2.15. The van der Waals surface area contributed by atoms with Gasteiger partial charge in [0.15, 0.2) is 5.78 Å². The average Bonchev–Trinajstić information content (AvgIpc) is 2.46. The van der Waals surface area contributed by atoms with Gasteiger partial charge in [-0.3, -0.25) is 4.79 Å². The summed E-state index contributed by atoms with van der Waals surface area (Å²) in [6.07, 6.45) is 1.03. The van der Waals surface area contributed by atoms with Crippen LogP contribution in [-0.4, -0.2) is 5.78 Å². The van der Waals surface area contributed by atoms with Gasteiger partial charge >= 0.3 is 0 Å². The molecule has 0 heterocycles. The van der Waals surface area contributed by atoms with Crippen LogP contribution >= 0.6 is 0 Å². The molecule has 0 amide bonds. The molecule has 0 unspecified atom stereocenters. The Kier molecular flexibility index (Phi) is 4.03. The molecule has 2 aromatic carbocycles. The van der Waals surface area contributed by atoms with Gasteiger partial charge < -0.3 is 0 Å². The number of hydrogen-bond donors (Lipinski definition) is 0. The van der Waals surface area contributed by atoms with Crippen LogP contribution in [0.5, 0.6) is 0 Å². The molecule has 0 fully saturated rings. The molecular formula is C18H19FO. The van der Waals surface area contributed by atoms with E-state index in [1.807, 2.05) is 24.3 Å². The second kappa shape index (κ2) is 5.58. The van der Waals surface area contributed by atoms with Crippen molar-refractivity contribution < 1.29 is 9.18 Å². The summed E-state index contributed by atoms with van der Waals surface area (Å²) < 4.78 is 13.2. The molecule has 0 aromatic heterocycles. The first-order valence-electron chi connectivity index (χ1n) is 6.85. The minimum Gasteiger partial charge on any atom is -0.289 e. The Hall–Kier alpha value is -1.96. The van der Waals surface area contributed by atoms with Crippen molar-refractivity contribution in [3.8, 4) is 0 Å². The normalized spacial score (nSPS) is 11.4. The predicted octanol–water partition coefficient (Wildman–Crippen LogP) is 4.74. The van der Waals surface area contributed by atoms with E-state index in [1.165, 1.54) is 17.7 Å². The van der Waals surface area contributed by atoms with E-state index in [4.69, 9.17) is 0 Å². The van der Waals surface area contributed by atoms with Crippen molar-refractivity contribution in [3.63, 3.8) is 0 Å². The molecule has 2 aromatic rings. The van der Waals surface area contributed by atoms with E-state index in [1.54, 1.807) is 12.1 Å². The van der Waals surface area contributed by atoms with Crippen LogP contribution in [0.3, 0.4) is 0 Å². The lowest BCUT2D eigenvalue weighted by atomic mass is 9.82. The number of halogens is 1. The van der Waals surface area contributed by atoms with E-state index in [-0.39, 0.29) is 17.0 Å². The monoisotopic (exact) mass is 270 g/mol. The van der Waals surface area contributed by atoms with Crippen molar-refractivity contribution in [3.05, 3.63) is 71.0 Å². The topological polar surface area (TPSA) is 17.1 Å². The first-order valence-corrected chi connectivity index (χ1v) is 6.85. The van der Waals surface area contributed by atoms with E-state index < -0.39 is 0 Å². The lowest BCUT2D eigenvalue weighted by molar-refractivity contribution is 0.103. The van der Waals surface area contributed by atoms with E-state index in [0.717, 1.165) is 6.42 Å². The van der Waals surface area contributed by atoms with Crippen LogP contribution in [0.1, 0.15) is 48.7 Å². The zero-order valence-electron chi connectivity index (χ0n) is 12.1. The third-order valence-electron chi connectivity index (χ3n) is 3.90. The molecule has 2 heteroatoms. The predicted molar refractivity (Wildman–Crippen MR) is 79.6 cm³/mol. The highest BCUT2D eigenvalue weighted by molar-refractivity contribution is 6.08. The molecule has 0 spiro atoms. The number of hydrogen-bond acceptors (Lipinski definition) is 1. The Labute approximate surface area is 119 Å². The van der Waals surface area contributed by atoms with Gasteiger partial charge in [-0.2, -0.15) is 0 Å². The maximum absolute atomic E-state index is 13.2. The van der Waals surface area contributed by atoms with Crippen molar-refractivity contribution in [2.45, 2.75) is 32.6 Å². The highest BCUT2D eigenvalue weighted by Crippen LogP contribution is 2.27. The fraction of sp³-hybridized carbons (Fsp3) is 0.278. The summed E-state index contributed by atoms with van der Waals surface area (Å²) in [6.45, 7) is 6.50. The molecule has 0 aliphatic carbocycles. The van der Waals surface area contributed by atoms with Crippen molar-refractivity contribution >= 4 is 5.78 Å². The summed E-state index contributed by atoms with van der Waals surface area (Å²) in [7, 11) is 0. The van der Waals surface area contributed by atoms with Gasteiger partial charge in [-0.05, 0) is 29.5 Å². The average molecular weight is 270 g/mol. The van der Waals surface area contributed by atoms with Gasteiger partial charge in [0.05, 0.1) is 0 Å². The van der Waals surface area contributed by atoms with Crippen LogP contribution < -0.4 is 0 Å². The van der Waals surface area contributed by atoms with Gasteiger partial charge in [-0.1, -0.05) is 57.2 Å². The molecule has 0 atom stereocenters. The van der Waals surface area contributed by atoms with Crippen molar-refractivity contribution in [2.24, 2.45) is 0 Å². The van der Waals surface area contributed by atoms with Gasteiger partial charge in [-0.15, -0.1) is 0 Å². The smallest absolute Gasteiger partial charge is 0.193 e. The molecule has 0 aliphatic rings. The molecule has 20 heavy (non-hydrogen) atoms. The number of carbonyl (C=O) groups excluding carboxylic acids is 1. The summed E-state index contributed by atoms with van der Waals surface area (Å²) in [6, 6.07) is 13.4. The SMILES string of the molecule is CCC(C)(C)c1ccc(C(=O)c2cccc(F)c2)cc1. The zero-order valence-corrected chi connectivity index (χ0v) is 12.1. The summed E-state index contributed by atoms with van der Waals surface area (Å²) in [5, 5.41) is 0. The molecule has 0 saturated heterocycles. The molecule has 0 N–H and O–H groups in total. The quantitative estimate of drug-likeness (QED) is 0.733.